The Bertz CT molecular complexity index is 1030. The van der Waals surface area contributed by atoms with Crippen molar-refractivity contribution in [2.75, 3.05) is 18.1 Å². The summed E-state index contributed by atoms with van der Waals surface area (Å²) in [5.74, 6) is 0.277. The van der Waals surface area contributed by atoms with Gasteiger partial charge in [0.15, 0.2) is 11.7 Å². The van der Waals surface area contributed by atoms with E-state index in [0.29, 0.717) is 29.9 Å². The third kappa shape index (κ3) is 3.68. The molecule has 2 amide bonds. The van der Waals surface area contributed by atoms with E-state index in [2.05, 4.69) is 10.3 Å². The molecule has 4 bridgehead atoms. The molecule has 1 heterocycles. The van der Waals surface area contributed by atoms with Crippen LogP contribution in [-0.2, 0) is 19.1 Å². The molecule has 2 atom stereocenters. The second-order valence-electron chi connectivity index (χ2n) is 9.88. The van der Waals surface area contributed by atoms with E-state index in [1.165, 1.54) is 11.3 Å². The standard InChI is InChI=1S/C24H29N3O4S/c1-3-27(22-25-18-6-4-5-7-19(18)32-22)20(29)13-31-21(30)23-9-16-8-17(10-23)12-24(11-16,14-23)26-15(2)28/h4-7,16-17H,3,8-14H2,1-2H3,(H,26,28). The zero-order valence-electron chi connectivity index (χ0n) is 18.6. The van der Waals surface area contributed by atoms with Crippen LogP contribution in [0, 0.1) is 17.3 Å². The molecular weight excluding hydrogens is 426 g/mol. The van der Waals surface area contributed by atoms with Crippen LogP contribution in [0.25, 0.3) is 10.2 Å². The number of hydrogen-bond acceptors (Lipinski definition) is 6. The van der Waals surface area contributed by atoms with Gasteiger partial charge in [0.25, 0.3) is 5.91 Å². The maximum Gasteiger partial charge on any atom is 0.312 e. The highest BCUT2D eigenvalue weighted by Gasteiger charge is 2.61. The minimum absolute atomic E-state index is 0.0416. The summed E-state index contributed by atoms with van der Waals surface area (Å²) in [6, 6.07) is 7.77. The number of carbonyl (C=O) groups excluding carboxylic acids is 3. The van der Waals surface area contributed by atoms with Gasteiger partial charge in [-0.15, -0.1) is 0 Å². The smallest absolute Gasteiger partial charge is 0.312 e. The number of likely N-dealkylation sites (N-methyl/N-ethyl adjacent to an activating group) is 1. The van der Waals surface area contributed by atoms with E-state index in [0.717, 1.165) is 42.3 Å². The largest absolute Gasteiger partial charge is 0.455 e. The number of hydrogen-bond donors (Lipinski definition) is 1. The lowest BCUT2D eigenvalue weighted by Gasteiger charge is -2.60. The molecule has 4 fully saturated rings. The van der Waals surface area contributed by atoms with Crippen LogP contribution in [0.2, 0.25) is 0 Å². The molecule has 1 aromatic carbocycles. The fourth-order valence-electron chi connectivity index (χ4n) is 6.77. The topological polar surface area (TPSA) is 88.6 Å². The first kappa shape index (κ1) is 21.4. The summed E-state index contributed by atoms with van der Waals surface area (Å²) in [5.41, 5.74) is -0.0256. The van der Waals surface area contributed by atoms with E-state index < -0.39 is 5.41 Å². The molecule has 1 N–H and O–H groups in total. The highest BCUT2D eigenvalue weighted by atomic mass is 32.1. The van der Waals surface area contributed by atoms with E-state index in [1.807, 2.05) is 31.2 Å². The molecule has 170 valence electrons. The van der Waals surface area contributed by atoms with Gasteiger partial charge < -0.3 is 10.1 Å². The van der Waals surface area contributed by atoms with E-state index in [-0.39, 0.29) is 29.9 Å². The molecule has 4 saturated carbocycles. The average molecular weight is 456 g/mol. The Hall–Kier alpha value is -2.48. The van der Waals surface area contributed by atoms with Crippen molar-refractivity contribution in [3.05, 3.63) is 24.3 Å². The number of nitrogens with zero attached hydrogens (tertiary/aromatic N) is 2. The van der Waals surface area contributed by atoms with Gasteiger partial charge in [0.05, 0.1) is 15.6 Å². The number of ether oxygens (including phenoxy) is 1. The van der Waals surface area contributed by atoms with Crippen LogP contribution in [0.3, 0.4) is 0 Å². The van der Waals surface area contributed by atoms with E-state index in [1.54, 1.807) is 11.8 Å². The van der Waals surface area contributed by atoms with Gasteiger partial charge >= 0.3 is 5.97 Å². The van der Waals surface area contributed by atoms with Crippen molar-refractivity contribution in [2.45, 2.75) is 57.9 Å². The first-order chi connectivity index (χ1) is 15.3. The Balaban J connectivity index is 1.28. The van der Waals surface area contributed by atoms with Crippen LogP contribution in [0.5, 0.6) is 0 Å². The maximum atomic E-state index is 13.3. The zero-order valence-corrected chi connectivity index (χ0v) is 19.4. The summed E-state index contributed by atoms with van der Waals surface area (Å²) >= 11 is 1.46. The summed E-state index contributed by atoms with van der Waals surface area (Å²) in [7, 11) is 0. The van der Waals surface area contributed by atoms with Gasteiger partial charge in [0, 0.05) is 19.0 Å². The number of thiazole rings is 1. The van der Waals surface area contributed by atoms with E-state index in [9.17, 15) is 14.4 Å². The fourth-order valence-corrected chi connectivity index (χ4v) is 7.82. The van der Waals surface area contributed by atoms with E-state index >= 15 is 0 Å². The molecule has 1 aromatic heterocycles. The lowest BCUT2D eigenvalue weighted by atomic mass is 9.47. The summed E-state index contributed by atoms with van der Waals surface area (Å²) in [4.78, 5) is 44.2. The number of aromatic nitrogens is 1. The molecule has 7 nitrogen and oxygen atoms in total. The summed E-state index contributed by atoms with van der Waals surface area (Å²) < 4.78 is 6.67. The normalized spacial score (nSPS) is 30.3. The maximum absolute atomic E-state index is 13.3. The quantitative estimate of drug-likeness (QED) is 0.672. The molecule has 8 heteroatoms. The molecule has 4 aliphatic rings. The van der Waals surface area contributed by atoms with Gasteiger partial charge in [-0.2, -0.15) is 0 Å². The molecule has 0 radical (unpaired) electrons. The molecule has 6 rings (SSSR count). The highest BCUT2D eigenvalue weighted by molar-refractivity contribution is 7.22. The monoisotopic (exact) mass is 455 g/mol. The predicted molar refractivity (Wildman–Crippen MR) is 122 cm³/mol. The molecule has 0 saturated heterocycles. The Morgan fingerprint density at radius 3 is 2.56 bits per heavy atom. The Labute approximate surface area is 191 Å². The second-order valence-corrected chi connectivity index (χ2v) is 10.9. The first-order valence-corrected chi connectivity index (χ1v) is 12.2. The number of para-hydroxylation sites is 1. The van der Waals surface area contributed by atoms with Crippen LogP contribution in [0.15, 0.2) is 24.3 Å². The van der Waals surface area contributed by atoms with Crippen molar-refractivity contribution in [3.8, 4) is 0 Å². The molecule has 2 aromatic rings. The lowest BCUT2D eigenvalue weighted by Crippen LogP contribution is -2.64. The lowest BCUT2D eigenvalue weighted by molar-refractivity contribution is -0.177. The zero-order chi connectivity index (χ0) is 22.5. The number of amides is 2. The van der Waals surface area contributed by atoms with Crippen LogP contribution < -0.4 is 10.2 Å². The summed E-state index contributed by atoms with van der Waals surface area (Å²) in [6.07, 6.45) is 5.22. The first-order valence-electron chi connectivity index (χ1n) is 11.4. The van der Waals surface area contributed by atoms with Crippen molar-refractivity contribution in [2.24, 2.45) is 17.3 Å². The van der Waals surface area contributed by atoms with Gasteiger partial charge in [-0.1, -0.05) is 23.5 Å². The number of anilines is 1. The third-order valence-corrected chi connectivity index (χ3v) is 8.45. The van der Waals surface area contributed by atoms with Crippen LogP contribution in [0.4, 0.5) is 5.13 Å². The van der Waals surface area contributed by atoms with Crippen LogP contribution in [-0.4, -0.2) is 41.5 Å². The third-order valence-electron chi connectivity index (χ3n) is 7.39. The SMILES string of the molecule is CCN(C(=O)COC(=O)C12CC3CC(CC(NC(C)=O)(C3)C1)C2)c1nc2ccccc2s1. The molecule has 32 heavy (non-hydrogen) atoms. The number of fused-ring (bicyclic) bond motifs is 1. The van der Waals surface area contributed by atoms with Crippen LogP contribution >= 0.6 is 11.3 Å². The molecule has 2 unspecified atom stereocenters. The van der Waals surface area contributed by atoms with Crippen molar-refractivity contribution < 1.29 is 19.1 Å². The highest BCUT2D eigenvalue weighted by Crippen LogP contribution is 2.62. The fraction of sp³-hybridized carbons (Fsp3) is 0.583. The molecule has 4 aliphatic carbocycles. The van der Waals surface area contributed by atoms with Gasteiger partial charge in [0.1, 0.15) is 0 Å². The minimum Gasteiger partial charge on any atom is -0.455 e. The Morgan fingerprint density at radius 2 is 1.91 bits per heavy atom. The average Bonchev–Trinajstić information content (AvgIpc) is 3.14. The summed E-state index contributed by atoms with van der Waals surface area (Å²) in [5, 5.41) is 3.78. The van der Waals surface area contributed by atoms with E-state index in [4.69, 9.17) is 4.74 Å². The summed E-state index contributed by atoms with van der Waals surface area (Å²) in [6.45, 7) is 3.61. The van der Waals surface area contributed by atoms with Gasteiger partial charge in [0.2, 0.25) is 5.91 Å². The predicted octanol–water partition coefficient (Wildman–Crippen LogP) is 3.67. The second kappa shape index (κ2) is 7.83. The molecule has 0 spiro atoms. The molecular formula is C24H29N3O4S. The Morgan fingerprint density at radius 1 is 1.19 bits per heavy atom. The van der Waals surface area contributed by atoms with Crippen molar-refractivity contribution in [1.82, 2.24) is 10.3 Å². The Kier molecular flexibility index (Phi) is 5.23. The van der Waals surface area contributed by atoms with Crippen LogP contribution in [0.1, 0.15) is 52.4 Å². The van der Waals surface area contributed by atoms with Gasteiger partial charge in [-0.05, 0) is 69.4 Å². The number of nitrogens with one attached hydrogen (secondary N) is 1. The van der Waals surface area contributed by atoms with Crippen molar-refractivity contribution >= 4 is 44.5 Å². The van der Waals surface area contributed by atoms with Gasteiger partial charge in [-0.25, -0.2) is 4.98 Å². The molecule has 0 aliphatic heterocycles. The number of rotatable bonds is 6. The van der Waals surface area contributed by atoms with Gasteiger partial charge in [-0.3, -0.25) is 19.3 Å². The van der Waals surface area contributed by atoms with Crippen molar-refractivity contribution in [1.29, 1.82) is 0 Å². The number of carbonyl (C=O) groups is 3. The number of benzene rings is 1. The van der Waals surface area contributed by atoms with Crippen molar-refractivity contribution in [3.63, 3.8) is 0 Å². The number of esters is 1. The minimum atomic E-state index is -0.584.